The molecule has 0 spiro atoms. The van der Waals surface area contributed by atoms with Gasteiger partial charge in [0, 0.05) is 30.2 Å². The fourth-order valence-corrected chi connectivity index (χ4v) is 2.81. The average molecular weight is 253 g/mol. The highest BCUT2D eigenvalue weighted by molar-refractivity contribution is 6.30. The number of nitrogens with two attached hydrogens (primary N) is 1. The molecular formula is C14H21ClN2. The molecule has 3 heteroatoms. The molecule has 2 rings (SSSR count). The number of likely N-dealkylation sites (tertiary alicyclic amines) is 1. The number of benzene rings is 1. The molecule has 17 heavy (non-hydrogen) atoms. The Kier molecular flexibility index (Phi) is 4.43. The Bertz CT molecular complexity index is 350. The molecule has 2 N–H and O–H groups in total. The minimum absolute atomic E-state index is 0.537. The molecule has 1 aliphatic rings. The highest BCUT2D eigenvalue weighted by atomic mass is 35.5. The fraction of sp³-hybridized carbons (Fsp3) is 0.571. The molecule has 0 radical (unpaired) electrons. The molecule has 2 atom stereocenters. The van der Waals surface area contributed by atoms with Crippen molar-refractivity contribution in [1.82, 2.24) is 4.90 Å². The van der Waals surface area contributed by atoms with Crippen LogP contribution >= 0.6 is 11.6 Å². The maximum absolute atomic E-state index is 5.91. The maximum Gasteiger partial charge on any atom is 0.0406 e. The van der Waals surface area contributed by atoms with E-state index in [4.69, 9.17) is 17.3 Å². The molecule has 1 aromatic carbocycles. The second-order valence-electron chi connectivity index (χ2n) is 4.97. The summed E-state index contributed by atoms with van der Waals surface area (Å²) in [7, 11) is 0. The van der Waals surface area contributed by atoms with Crippen molar-refractivity contribution < 1.29 is 0 Å². The monoisotopic (exact) mass is 252 g/mol. The van der Waals surface area contributed by atoms with E-state index in [1.54, 1.807) is 0 Å². The lowest BCUT2D eigenvalue weighted by atomic mass is 9.95. The van der Waals surface area contributed by atoms with E-state index in [2.05, 4.69) is 24.0 Å². The number of nitrogens with zero attached hydrogens (tertiary/aromatic N) is 1. The predicted molar refractivity (Wildman–Crippen MR) is 73.2 cm³/mol. The summed E-state index contributed by atoms with van der Waals surface area (Å²) in [5.74, 6) is 0. The molecule has 0 saturated carbocycles. The van der Waals surface area contributed by atoms with E-state index < -0.39 is 0 Å². The summed E-state index contributed by atoms with van der Waals surface area (Å²) < 4.78 is 0. The smallest absolute Gasteiger partial charge is 0.0406 e. The maximum atomic E-state index is 5.91. The van der Waals surface area contributed by atoms with Crippen LogP contribution in [0.25, 0.3) is 0 Å². The number of rotatable bonds is 3. The normalized spacial score (nSPS) is 26.1. The third kappa shape index (κ3) is 3.21. The van der Waals surface area contributed by atoms with Gasteiger partial charge in [0.2, 0.25) is 0 Å². The highest BCUT2D eigenvalue weighted by Crippen LogP contribution is 2.24. The van der Waals surface area contributed by atoms with Crippen molar-refractivity contribution in [3.05, 3.63) is 34.9 Å². The Balaban J connectivity index is 2.06. The number of piperidine rings is 1. The molecule has 1 aromatic rings. The van der Waals surface area contributed by atoms with Gasteiger partial charge < -0.3 is 5.73 Å². The topological polar surface area (TPSA) is 29.3 Å². The van der Waals surface area contributed by atoms with Crippen LogP contribution in [-0.4, -0.2) is 23.5 Å². The van der Waals surface area contributed by atoms with Crippen LogP contribution in [0, 0.1) is 0 Å². The van der Waals surface area contributed by atoms with Crippen molar-refractivity contribution >= 4 is 11.6 Å². The SMILES string of the molecule is CC1CCCC(CN)N1Cc1ccc(Cl)cc1. The molecule has 2 unspecified atom stereocenters. The molecule has 2 nitrogen and oxygen atoms in total. The summed E-state index contributed by atoms with van der Waals surface area (Å²) in [6.45, 7) is 4.05. The number of hydrogen-bond acceptors (Lipinski definition) is 2. The van der Waals surface area contributed by atoms with Crippen LogP contribution in [0.2, 0.25) is 5.02 Å². The van der Waals surface area contributed by atoms with Crippen molar-refractivity contribution in [2.75, 3.05) is 6.54 Å². The third-order valence-corrected chi connectivity index (χ3v) is 4.00. The van der Waals surface area contributed by atoms with Gasteiger partial charge >= 0.3 is 0 Å². The van der Waals surface area contributed by atoms with Gasteiger partial charge in [-0.15, -0.1) is 0 Å². The third-order valence-electron chi connectivity index (χ3n) is 3.74. The first-order valence-corrected chi connectivity index (χ1v) is 6.78. The Hall–Kier alpha value is -0.570. The standard InChI is InChI=1S/C14H21ClN2/c1-11-3-2-4-14(9-16)17(11)10-12-5-7-13(15)8-6-12/h5-8,11,14H,2-4,9-10,16H2,1H3. The van der Waals surface area contributed by atoms with Gasteiger partial charge in [-0.3, -0.25) is 4.90 Å². The van der Waals surface area contributed by atoms with Gasteiger partial charge in [-0.2, -0.15) is 0 Å². The second kappa shape index (κ2) is 5.85. The van der Waals surface area contributed by atoms with Gasteiger partial charge in [0.05, 0.1) is 0 Å². The lowest BCUT2D eigenvalue weighted by Gasteiger charge is -2.40. The summed E-state index contributed by atoms with van der Waals surface area (Å²) in [5, 5.41) is 0.802. The van der Waals surface area contributed by atoms with E-state index in [1.165, 1.54) is 24.8 Å². The Morgan fingerprint density at radius 1 is 1.29 bits per heavy atom. The van der Waals surface area contributed by atoms with Crippen molar-refractivity contribution in [3.63, 3.8) is 0 Å². The molecule has 1 saturated heterocycles. The van der Waals surface area contributed by atoms with Crippen LogP contribution in [-0.2, 0) is 6.54 Å². The first kappa shape index (κ1) is 12.9. The number of halogens is 1. The molecule has 0 bridgehead atoms. The summed E-state index contributed by atoms with van der Waals surface area (Å²) >= 11 is 5.91. The van der Waals surface area contributed by atoms with Gasteiger partial charge in [0.25, 0.3) is 0 Å². The van der Waals surface area contributed by atoms with Crippen molar-refractivity contribution in [2.24, 2.45) is 5.73 Å². The second-order valence-corrected chi connectivity index (χ2v) is 5.40. The highest BCUT2D eigenvalue weighted by Gasteiger charge is 2.26. The summed E-state index contributed by atoms with van der Waals surface area (Å²) in [6.07, 6.45) is 3.82. The van der Waals surface area contributed by atoms with Gasteiger partial charge in [0.15, 0.2) is 0 Å². The molecule has 1 heterocycles. The van der Waals surface area contributed by atoms with E-state index in [1.807, 2.05) is 12.1 Å². The Morgan fingerprint density at radius 3 is 2.65 bits per heavy atom. The van der Waals surface area contributed by atoms with E-state index in [-0.39, 0.29) is 0 Å². The first-order chi connectivity index (χ1) is 8.20. The van der Waals surface area contributed by atoms with Crippen molar-refractivity contribution in [2.45, 2.75) is 44.8 Å². The van der Waals surface area contributed by atoms with Gasteiger partial charge in [0.1, 0.15) is 0 Å². The zero-order chi connectivity index (χ0) is 12.3. The van der Waals surface area contributed by atoms with Crippen LogP contribution in [0.15, 0.2) is 24.3 Å². The quantitative estimate of drug-likeness (QED) is 0.896. The van der Waals surface area contributed by atoms with Crippen molar-refractivity contribution in [1.29, 1.82) is 0 Å². The molecule has 0 aromatic heterocycles. The van der Waals surface area contributed by atoms with Crippen molar-refractivity contribution in [3.8, 4) is 0 Å². The summed E-state index contributed by atoms with van der Waals surface area (Å²) in [4.78, 5) is 2.53. The largest absolute Gasteiger partial charge is 0.329 e. The van der Waals surface area contributed by atoms with E-state index >= 15 is 0 Å². The van der Waals surface area contributed by atoms with E-state index in [0.29, 0.717) is 12.1 Å². The molecule has 94 valence electrons. The molecule has 1 aliphatic heterocycles. The Morgan fingerprint density at radius 2 is 2.00 bits per heavy atom. The molecule has 0 amide bonds. The van der Waals surface area contributed by atoms with Crippen LogP contribution in [0.3, 0.4) is 0 Å². The first-order valence-electron chi connectivity index (χ1n) is 6.41. The summed E-state index contributed by atoms with van der Waals surface area (Å²) in [6, 6.07) is 9.31. The molecule has 1 fully saturated rings. The predicted octanol–water partition coefficient (Wildman–Crippen LogP) is 3.04. The average Bonchev–Trinajstić information content (AvgIpc) is 2.34. The van der Waals surface area contributed by atoms with Crippen LogP contribution < -0.4 is 5.73 Å². The minimum atomic E-state index is 0.537. The van der Waals surface area contributed by atoms with Crippen LogP contribution in [0.5, 0.6) is 0 Å². The summed E-state index contributed by atoms with van der Waals surface area (Å²) in [5.41, 5.74) is 7.19. The lowest BCUT2D eigenvalue weighted by Crippen LogP contribution is -2.48. The fourth-order valence-electron chi connectivity index (χ4n) is 2.68. The van der Waals surface area contributed by atoms with Gasteiger partial charge in [-0.05, 0) is 37.5 Å². The lowest BCUT2D eigenvalue weighted by molar-refractivity contribution is 0.0892. The molecular weight excluding hydrogens is 232 g/mol. The van der Waals surface area contributed by atoms with Crippen LogP contribution in [0.1, 0.15) is 31.7 Å². The molecule has 0 aliphatic carbocycles. The van der Waals surface area contributed by atoms with Gasteiger partial charge in [-0.25, -0.2) is 0 Å². The number of hydrogen-bond donors (Lipinski definition) is 1. The minimum Gasteiger partial charge on any atom is -0.329 e. The van der Waals surface area contributed by atoms with Crippen LogP contribution in [0.4, 0.5) is 0 Å². The van der Waals surface area contributed by atoms with Gasteiger partial charge in [-0.1, -0.05) is 30.2 Å². The zero-order valence-electron chi connectivity index (χ0n) is 10.4. The van der Waals surface area contributed by atoms with E-state index in [9.17, 15) is 0 Å². The van der Waals surface area contributed by atoms with E-state index in [0.717, 1.165) is 18.1 Å². The Labute approximate surface area is 109 Å². The zero-order valence-corrected chi connectivity index (χ0v) is 11.2.